The van der Waals surface area contributed by atoms with E-state index in [1.54, 1.807) is 11.3 Å². The van der Waals surface area contributed by atoms with Gasteiger partial charge in [-0.3, -0.25) is 0 Å². The van der Waals surface area contributed by atoms with Crippen molar-refractivity contribution in [3.8, 4) is 27.6 Å². The third kappa shape index (κ3) is 3.82. The van der Waals surface area contributed by atoms with E-state index in [1.165, 1.54) is 0 Å². The van der Waals surface area contributed by atoms with Crippen LogP contribution in [0.2, 0.25) is 10.0 Å². The molecule has 148 valence electrons. The Morgan fingerprint density at radius 3 is 2.24 bits per heavy atom. The predicted octanol–water partition coefficient (Wildman–Crippen LogP) is 6.97. The first kappa shape index (κ1) is 20.1. The second-order valence-corrected chi connectivity index (χ2v) is 9.68. The lowest BCUT2D eigenvalue weighted by Crippen LogP contribution is -2.10. The fraction of sp³-hybridized carbons (Fsp3) is 0.227. The smallest absolute Gasteiger partial charge is 0.168 e. The van der Waals surface area contributed by atoms with Crippen LogP contribution < -0.4 is 0 Å². The van der Waals surface area contributed by atoms with Gasteiger partial charge in [0, 0.05) is 21.6 Å². The van der Waals surface area contributed by atoms with Gasteiger partial charge in [0.2, 0.25) is 0 Å². The molecular formula is C22H20Cl2N4S. The summed E-state index contributed by atoms with van der Waals surface area (Å²) >= 11 is 14.2. The van der Waals surface area contributed by atoms with E-state index in [-0.39, 0.29) is 5.41 Å². The molecule has 2 heterocycles. The van der Waals surface area contributed by atoms with Crippen molar-refractivity contribution in [3.05, 3.63) is 69.1 Å². The maximum atomic E-state index is 6.51. The largest absolute Gasteiger partial charge is 0.231 e. The molecule has 0 atom stereocenters. The fourth-order valence-electron chi connectivity index (χ4n) is 3.07. The SMILES string of the molecule is Cc1c(-c2nnc(C(C)(C)C)s2)nn(-c2ccccc2Cl)c1-c1ccc(Cl)cc1. The van der Waals surface area contributed by atoms with Crippen molar-refractivity contribution in [2.75, 3.05) is 0 Å². The summed E-state index contributed by atoms with van der Waals surface area (Å²) in [5.41, 5.74) is 4.54. The quantitative estimate of drug-likeness (QED) is 0.343. The van der Waals surface area contributed by atoms with Crippen molar-refractivity contribution in [1.29, 1.82) is 0 Å². The molecule has 0 N–H and O–H groups in total. The molecular weight excluding hydrogens is 423 g/mol. The molecule has 0 unspecified atom stereocenters. The second-order valence-electron chi connectivity index (χ2n) is 7.85. The molecule has 7 heteroatoms. The molecule has 2 aromatic carbocycles. The molecule has 29 heavy (non-hydrogen) atoms. The Balaban J connectivity index is 1.95. The van der Waals surface area contributed by atoms with Crippen LogP contribution >= 0.6 is 34.5 Å². The van der Waals surface area contributed by atoms with Crippen LogP contribution in [0, 0.1) is 6.92 Å². The molecule has 0 saturated heterocycles. The minimum Gasteiger partial charge on any atom is -0.231 e. The molecule has 0 aliphatic carbocycles. The molecule has 0 radical (unpaired) electrons. The van der Waals surface area contributed by atoms with Gasteiger partial charge in [-0.05, 0) is 31.2 Å². The van der Waals surface area contributed by atoms with E-state index in [1.807, 2.05) is 53.2 Å². The fourth-order valence-corrected chi connectivity index (χ4v) is 4.35. The van der Waals surface area contributed by atoms with Gasteiger partial charge in [0.05, 0.1) is 16.4 Å². The zero-order valence-corrected chi connectivity index (χ0v) is 18.9. The van der Waals surface area contributed by atoms with Gasteiger partial charge in [-0.1, -0.05) is 79.6 Å². The predicted molar refractivity (Wildman–Crippen MR) is 121 cm³/mol. The van der Waals surface area contributed by atoms with Gasteiger partial charge < -0.3 is 0 Å². The third-order valence-corrected chi connectivity index (χ3v) is 6.52. The monoisotopic (exact) mass is 442 g/mol. The van der Waals surface area contributed by atoms with Crippen molar-refractivity contribution < 1.29 is 0 Å². The summed E-state index contributed by atoms with van der Waals surface area (Å²) < 4.78 is 1.88. The molecule has 0 bridgehead atoms. The molecule has 4 nitrogen and oxygen atoms in total. The Bertz CT molecular complexity index is 1170. The number of rotatable bonds is 3. The third-order valence-electron chi connectivity index (χ3n) is 4.59. The van der Waals surface area contributed by atoms with Crippen LogP contribution in [0.5, 0.6) is 0 Å². The summed E-state index contributed by atoms with van der Waals surface area (Å²) in [5.74, 6) is 0. The molecule has 0 aliphatic heterocycles. The van der Waals surface area contributed by atoms with Crippen LogP contribution in [-0.4, -0.2) is 20.0 Å². The summed E-state index contributed by atoms with van der Waals surface area (Å²) in [6.45, 7) is 8.45. The van der Waals surface area contributed by atoms with Gasteiger partial charge in [-0.25, -0.2) is 4.68 Å². The molecule has 0 spiro atoms. The van der Waals surface area contributed by atoms with Crippen LogP contribution in [-0.2, 0) is 5.41 Å². The highest BCUT2D eigenvalue weighted by atomic mass is 35.5. The lowest BCUT2D eigenvalue weighted by Gasteiger charge is -2.12. The minimum absolute atomic E-state index is 0.0614. The summed E-state index contributed by atoms with van der Waals surface area (Å²) in [5, 5.41) is 16.8. The number of benzene rings is 2. The van der Waals surface area contributed by atoms with Crippen LogP contribution in [0.15, 0.2) is 48.5 Å². The van der Waals surface area contributed by atoms with Gasteiger partial charge >= 0.3 is 0 Å². The number of aromatic nitrogens is 4. The van der Waals surface area contributed by atoms with E-state index in [0.29, 0.717) is 10.0 Å². The Morgan fingerprint density at radius 2 is 1.62 bits per heavy atom. The number of hydrogen-bond donors (Lipinski definition) is 0. The van der Waals surface area contributed by atoms with Crippen molar-refractivity contribution >= 4 is 34.5 Å². The summed E-state index contributed by atoms with van der Waals surface area (Å²) in [4.78, 5) is 0. The molecule has 4 aromatic rings. The van der Waals surface area contributed by atoms with Crippen molar-refractivity contribution in [2.45, 2.75) is 33.1 Å². The topological polar surface area (TPSA) is 43.6 Å². The van der Waals surface area contributed by atoms with Crippen LogP contribution in [0.3, 0.4) is 0 Å². The highest BCUT2D eigenvalue weighted by Gasteiger charge is 2.25. The Kier molecular flexibility index (Phi) is 5.23. The Morgan fingerprint density at radius 1 is 0.931 bits per heavy atom. The normalized spacial score (nSPS) is 11.8. The molecule has 2 aromatic heterocycles. The van der Waals surface area contributed by atoms with E-state index in [9.17, 15) is 0 Å². The Labute approximate surface area is 184 Å². The van der Waals surface area contributed by atoms with E-state index in [0.717, 1.165) is 38.2 Å². The molecule has 4 rings (SSSR count). The first-order chi connectivity index (χ1) is 13.8. The van der Waals surface area contributed by atoms with E-state index in [4.69, 9.17) is 28.3 Å². The number of halogens is 2. The van der Waals surface area contributed by atoms with Gasteiger partial charge in [-0.15, -0.1) is 10.2 Å². The van der Waals surface area contributed by atoms with Crippen LogP contribution in [0.25, 0.3) is 27.6 Å². The summed E-state index contributed by atoms with van der Waals surface area (Å²) in [6, 6.07) is 15.4. The zero-order chi connectivity index (χ0) is 20.8. The van der Waals surface area contributed by atoms with Crippen molar-refractivity contribution in [1.82, 2.24) is 20.0 Å². The molecule has 0 amide bonds. The molecule has 0 fully saturated rings. The van der Waals surface area contributed by atoms with Gasteiger partial charge in [0.25, 0.3) is 0 Å². The van der Waals surface area contributed by atoms with E-state index >= 15 is 0 Å². The molecule has 0 saturated carbocycles. The minimum atomic E-state index is -0.0614. The van der Waals surface area contributed by atoms with Crippen molar-refractivity contribution in [2.24, 2.45) is 0 Å². The van der Waals surface area contributed by atoms with Gasteiger partial charge in [-0.2, -0.15) is 5.10 Å². The van der Waals surface area contributed by atoms with E-state index in [2.05, 4.69) is 37.9 Å². The standard InChI is InChI=1S/C22H20Cl2N4S/c1-13-18(20-25-26-21(29-20)22(2,3)4)27-28(17-8-6-5-7-16(17)24)19(13)14-9-11-15(23)12-10-14/h5-12H,1-4H3. The lowest BCUT2D eigenvalue weighted by atomic mass is 9.98. The zero-order valence-electron chi connectivity index (χ0n) is 16.6. The highest BCUT2D eigenvalue weighted by molar-refractivity contribution is 7.14. The summed E-state index contributed by atoms with van der Waals surface area (Å²) in [6.07, 6.45) is 0. The summed E-state index contributed by atoms with van der Waals surface area (Å²) in [7, 11) is 0. The molecule has 0 aliphatic rings. The average Bonchev–Trinajstić information content (AvgIpc) is 3.28. The maximum Gasteiger partial charge on any atom is 0.168 e. The first-order valence-electron chi connectivity index (χ1n) is 9.20. The van der Waals surface area contributed by atoms with Crippen molar-refractivity contribution in [3.63, 3.8) is 0 Å². The first-order valence-corrected chi connectivity index (χ1v) is 10.8. The van der Waals surface area contributed by atoms with Crippen LogP contribution in [0.4, 0.5) is 0 Å². The van der Waals surface area contributed by atoms with E-state index < -0.39 is 0 Å². The van der Waals surface area contributed by atoms with Crippen LogP contribution in [0.1, 0.15) is 31.3 Å². The second kappa shape index (κ2) is 7.56. The van der Waals surface area contributed by atoms with Gasteiger partial charge in [0.15, 0.2) is 5.01 Å². The lowest BCUT2D eigenvalue weighted by molar-refractivity contribution is 0.578. The number of hydrogen-bond acceptors (Lipinski definition) is 4. The highest BCUT2D eigenvalue weighted by Crippen LogP contribution is 2.38. The number of nitrogens with zero attached hydrogens (tertiary/aromatic N) is 4. The average molecular weight is 443 g/mol. The number of para-hydroxylation sites is 1. The Hall–Kier alpha value is -2.21. The maximum absolute atomic E-state index is 6.51. The van der Waals surface area contributed by atoms with Gasteiger partial charge in [0.1, 0.15) is 10.7 Å².